The molecule has 0 saturated carbocycles. The number of nitro benzene ring substituents is 1. The molecule has 7 heteroatoms. The maximum absolute atomic E-state index is 12.3. The molecule has 21 heavy (non-hydrogen) atoms. The molecule has 0 unspecified atom stereocenters. The van der Waals surface area contributed by atoms with Crippen LogP contribution in [-0.4, -0.2) is 16.6 Å². The average molecular weight is 305 g/mol. The number of hydrogen-bond donors (Lipinski definition) is 1. The Bertz CT molecular complexity index is 758. The molecule has 0 saturated heterocycles. The van der Waals surface area contributed by atoms with Crippen LogP contribution in [0.4, 0.5) is 5.69 Å². The summed E-state index contributed by atoms with van der Waals surface area (Å²) < 4.78 is 0. The Hall–Kier alpha value is -2.73. The Morgan fingerprint density at radius 2 is 1.76 bits per heavy atom. The molecule has 0 bridgehead atoms. The van der Waals surface area contributed by atoms with Gasteiger partial charge in [-0.2, -0.15) is 0 Å². The molecular weight excluding hydrogens is 296 g/mol. The second kappa shape index (κ2) is 5.72. The number of nitro groups is 1. The molecule has 0 aliphatic rings. The van der Waals surface area contributed by atoms with Gasteiger partial charge in [0.15, 0.2) is 5.78 Å². The highest BCUT2D eigenvalue weighted by Crippen LogP contribution is 2.24. The SMILES string of the molecule is NC(=O)c1ccc(C(=O)c2ccccc2[N+](=O)[O-])cc1Cl. The van der Waals surface area contributed by atoms with Gasteiger partial charge in [-0.05, 0) is 18.2 Å². The van der Waals surface area contributed by atoms with Gasteiger partial charge in [0.05, 0.1) is 15.5 Å². The van der Waals surface area contributed by atoms with Crippen molar-refractivity contribution in [1.82, 2.24) is 0 Å². The minimum absolute atomic E-state index is 0.0203. The zero-order valence-corrected chi connectivity index (χ0v) is 11.3. The van der Waals surface area contributed by atoms with E-state index in [9.17, 15) is 19.7 Å². The molecule has 0 atom stereocenters. The van der Waals surface area contributed by atoms with Gasteiger partial charge in [0.2, 0.25) is 5.91 Å². The van der Waals surface area contributed by atoms with Crippen LogP contribution in [0.15, 0.2) is 42.5 Å². The number of carbonyl (C=O) groups excluding carboxylic acids is 2. The highest BCUT2D eigenvalue weighted by molar-refractivity contribution is 6.34. The monoisotopic (exact) mass is 304 g/mol. The lowest BCUT2D eigenvalue weighted by molar-refractivity contribution is -0.385. The molecular formula is C14H9ClN2O4. The van der Waals surface area contributed by atoms with Gasteiger partial charge >= 0.3 is 0 Å². The van der Waals surface area contributed by atoms with Crippen molar-refractivity contribution in [1.29, 1.82) is 0 Å². The van der Waals surface area contributed by atoms with E-state index in [4.69, 9.17) is 17.3 Å². The van der Waals surface area contributed by atoms with E-state index in [0.29, 0.717) is 0 Å². The Balaban J connectivity index is 2.49. The van der Waals surface area contributed by atoms with Gasteiger partial charge in [-0.25, -0.2) is 0 Å². The third-order valence-electron chi connectivity index (χ3n) is 2.84. The standard InChI is InChI=1S/C14H9ClN2O4/c15-11-7-8(5-6-9(11)14(16)19)13(18)10-3-1-2-4-12(10)17(20)21/h1-7H,(H2,16,19). The number of nitrogens with two attached hydrogens (primary N) is 1. The number of nitrogens with zero attached hydrogens (tertiary/aromatic N) is 1. The molecule has 1 amide bonds. The summed E-state index contributed by atoms with van der Waals surface area (Å²) in [7, 11) is 0. The first-order valence-corrected chi connectivity index (χ1v) is 6.17. The van der Waals surface area contributed by atoms with Crippen molar-refractivity contribution in [3.63, 3.8) is 0 Å². The van der Waals surface area contributed by atoms with E-state index < -0.39 is 16.6 Å². The molecule has 0 radical (unpaired) electrons. The Labute approximate surface area is 124 Å². The largest absolute Gasteiger partial charge is 0.366 e. The van der Waals surface area contributed by atoms with E-state index in [1.54, 1.807) is 0 Å². The van der Waals surface area contributed by atoms with Crippen LogP contribution in [-0.2, 0) is 0 Å². The van der Waals surface area contributed by atoms with E-state index in [0.717, 1.165) is 0 Å². The summed E-state index contributed by atoms with van der Waals surface area (Å²) >= 11 is 5.87. The van der Waals surface area contributed by atoms with Gasteiger partial charge in [0.25, 0.3) is 5.69 Å². The maximum Gasteiger partial charge on any atom is 0.280 e. The van der Waals surface area contributed by atoms with Crippen LogP contribution in [0, 0.1) is 10.1 Å². The lowest BCUT2D eigenvalue weighted by Crippen LogP contribution is -2.12. The predicted octanol–water partition coefficient (Wildman–Crippen LogP) is 2.58. The molecule has 0 heterocycles. The first-order chi connectivity index (χ1) is 9.91. The molecule has 2 aromatic rings. The fraction of sp³-hybridized carbons (Fsp3) is 0. The molecule has 6 nitrogen and oxygen atoms in total. The van der Waals surface area contributed by atoms with E-state index in [1.165, 1.54) is 42.5 Å². The summed E-state index contributed by atoms with van der Waals surface area (Å²) in [5.74, 6) is -1.27. The smallest absolute Gasteiger partial charge is 0.280 e. The minimum atomic E-state index is -0.718. The van der Waals surface area contributed by atoms with Gasteiger partial charge in [0.1, 0.15) is 5.56 Å². The van der Waals surface area contributed by atoms with Crippen molar-refractivity contribution in [3.05, 3.63) is 74.3 Å². The van der Waals surface area contributed by atoms with Crippen molar-refractivity contribution in [2.45, 2.75) is 0 Å². The molecule has 0 aliphatic heterocycles. The van der Waals surface area contributed by atoms with E-state index in [-0.39, 0.29) is 27.4 Å². The summed E-state index contributed by atoms with van der Waals surface area (Å²) in [6, 6.07) is 9.53. The van der Waals surface area contributed by atoms with Crippen LogP contribution in [0.1, 0.15) is 26.3 Å². The number of amides is 1. The summed E-state index contributed by atoms with van der Waals surface area (Å²) in [4.78, 5) is 33.7. The van der Waals surface area contributed by atoms with E-state index in [2.05, 4.69) is 0 Å². The van der Waals surface area contributed by atoms with Crippen LogP contribution in [0.3, 0.4) is 0 Å². The number of rotatable bonds is 4. The van der Waals surface area contributed by atoms with E-state index in [1.807, 2.05) is 0 Å². The average Bonchev–Trinajstić information content (AvgIpc) is 2.45. The summed E-state index contributed by atoms with van der Waals surface area (Å²) in [6.07, 6.45) is 0. The predicted molar refractivity (Wildman–Crippen MR) is 76.5 cm³/mol. The highest BCUT2D eigenvalue weighted by atomic mass is 35.5. The fourth-order valence-corrected chi connectivity index (χ4v) is 2.11. The third kappa shape index (κ3) is 2.90. The maximum atomic E-state index is 12.3. The topological polar surface area (TPSA) is 103 Å². The Morgan fingerprint density at radius 3 is 2.33 bits per heavy atom. The molecule has 0 aliphatic carbocycles. The second-order valence-corrected chi connectivity index (χ2v) is 4.57. The number of halogens is 1. The van der Waals surface area contributed by atoms with Crippen LogP contribution >= 0.6 is 11.6 Å². The summed E-state index contributed by atoms with van der Waals surface area (Å²) in [5, 5.41) is 11.0. The zero-order valence-electron chi connectivity index (χ0n) is 10.6. The molecule has 2 rings (SSSR count). The van der Waals surface area contributed by atoms with Gasteiger partial charge in [0, 0.05) is 11.6 Å². The lowest BCUT2D eigenvalue weighted by Gasteiger charge is -2.05. The number of hydrogen-bond acceptors (Lipinski definition) is 4. The Kier molecular flexibility index (Phi) is 4.00. The number of para-hydroxylation sites is 1. The highest BCUT2D eigenvalue weighted by Gasteiger charge is 2.21. The molecule has 0 spiro atoms. The van der Waals surface area contributed by atoms with E-state index >= 15 is 0 Å². The Morgan fingerprint density at radius 1 is 1.10 bits per heavy atom. The van der Waals surface area contributed by atoms with Gasteiger partial charge in [-0.3, -0.25) is 19.7 Å². The summed E-state index contributed by atoms with van der Waals surface area (Å²) in [6.45, 7) is 0. The number of carbonyl (C=O) groups is 2. The lowest BCUT2D eigenvalue weighted by atomic mass is 10.0. The number of benzene rings is 2. The number of ketones is 1. The fourth-order valence-electron chi connectivity index (χ4n) is 1.84. The van der Waals surface area contributed by atoms with Crippen LogP contribution < -0.4 is 5.73 Å². The van der Waals surface area contributed by atoms with Gasteiger partial charge in [-0.1, -0.05) is 29.8 Å². The van der Waals surface area contributed by atoms with Crippen LogP contribution in [0.25, 0.3) is 0 Å². The molecule has 0 aromatic heterocycles. The zero-order chi connectivity index (χ0) is 15.6. The van der Waals surface area contributed by atoms with Gasteiger partial charge in [-0.15, -0.1) is 0 Å². The van der Waals surface area contributed by atoms with Crippen molar-refractivity contribution < 1.29 is 14.5 Å². The van der Waals surface area contributed by atoms with Crippen molar-refractivity contribution in [2.24, 2.45) is 5.73 Å². The molecule has 0 fully saturated rings. The molecule has 106 valence electrons. The van der Waals surface area contributed by atoms with Gasteiger partial charge < -0.3 is 5.73 Å². The first-order valence-electron chi connectivity index (χ1n) is 5.79. The van der Waals surface area contributed by atoms with Crippen molar-refractivity contribution in [2.75, 3.05) is 0 Å². The number of primary amides is 1. The molecule has 2 aromatic carbocycles. The summed E-state index contributed by atoms with van der Waals surface area (Å²) in [5.41, 5.74) is 4.99. The minimum Gasteiger partial charge on any atom is -0.366 e. The first kappa shape index (κ1) is 14.7. The van der Waals surface area contributed by atoms with Crippen molar-refractivity contribution in [3.8, 4) is 0 Å². The molecule has 2 N–H and O–H groups in total. The normalized spacial score (nSPS) is 10.1. The van der Waals surface area contributed by atoms with Crippen LogP contribution in [0.5, 0.6) is 0 Å². The third-order valence-corrected chi connectivity index (χ3v) is 3.15. The van der Waals surface area contributed by atoms with Crippen LogP contribution in [0.2, 0.25) is 5.02 Å². The van der Waals surface area contributed by atoms with Crippen molar-refractivity contribution >= 4 is 29.0 Å². The quantitative estimate of drug-likeness (QED) is 0.532. The second-order valence-electron chi connectivity index (χ2n) is 4.16.